The Morgan fingerprint density at radius 1 is 0.310 bits per heavy atom. The van der Waals surface area contributed by atoms with E-state index in [4.69, 9.17) is 11.6 Å². The van der Waals surface area contributed by atoms with Gasteiger partial charge in [-0.1, -0.05) is 35.9 Å². The van der Waals surface area contributed by atoms with Gasteiger partial charge in [0, 0.05) is 93.4 Å². The van der Waals surface area contributed by atoms with Crippen molar-refractivity contribution in [1.29, 1.82) is 0 Å². The summed E-state index contributed by atoms with van der Waals surface area (Å²) in [5.74, 6) is -13.5. The number of rotatable bonds is 21. The van der Waals surface area contributed by atoms with E-state index in [1.54, 1.807) is 0 Å². The zero-order valence-corrected chi connectivity index (χ0v) is 65.0. The quantitative estimate of drug-likeness (QED) is 0.0235. The fourth-order valence-corrected chi connectivity index (χ4v) is 18.2. The van der Waals surface area contributed by atoms with Crippen molar-refractivity contribution in [2.75, 3.05) is 21.3 Å². The molecule has 0 spiro atoms. The largest absolute Gasteiger partial charge is 0.393 e. The molecule has 116 heavy (non-hydrogen) atoms. The first-order valence-electron chi connectivity index (χ1n) is 36.0. The Kier molecular flexibility index (Phi) is 31.4. The maximum atomic E-state index is 13.6. The molecule has 39 heteroatoms. The smallest absolute Gasteiger partial charge is 0.266 e. The molecule has 0 saturated heterocycles. The zero-order chi connectivity index (χ0) is 84.6. The fourth-order valence-electron chi connectivity index (χ4n) is 12.6. The molecule has 8 aromatic rings. The Morgan fingerprint density at radius 3 is 0.853 bits per heavy atom. The number of carbonyl (C=O) groups is 4. The minimum absolute atomic E-state index is 0.0246. The van der Waals surface area contributed by atoms with Crippen LogP contribution in [-0.4, -0.2) is 126 Å². The molecule has 0 atom stereocenters. The van der Waals surface area contributed by atoms with Crippen LogP contribution < -0.4 is 40.2 Å². The third-order valence-electron chi connectivity index (χ3n) is 18.8. The van der Waals surface area contributed by atoms with Gasteiger partial charge < -0.3 is 41.7 Å². The molecule has 0 heterocycles. The second kappa shape index (κ2) is 40.2. The number of halogens is 11. The number of anilines is 4. The standard InChI is InChI=1S/C20H20F4N2O4S.C19H20ClFN2O4S.C19H19F3N2O4S.C19H20F2N2O4S/c21-17-10-13(9-16(18(17)22)19(23)24)25-20(28)11-2-1-3-15(8-11)31(29,30)26-12-4-6-14(27)7-5-12;20-17-11-14(6-9-18(17)21)22-19(25)12-2-1-3-16(10-12)28(26,27)23-13-4-7-15(24)8-5-13;20-16-9-13(10-17(21)18(16)22)23-19(26)11-2-1-3-15(8-11)29(27,28)24-12-4-6-14(25)7-5-12;20-17-9-6-14(11-18(17)21)22-19(25)12-2-1-3-16(10-12)28(26,27)23-13-4-7-15(24)8-5-13/h1-3,8-10,12,14,19,26-27H,4-7H2,(H,25,28);1-3,6,9-11,13,15,23-24H,4-5,7-8H2,(H,22,25);1-3,8-10,12,14,24-25H,4-7H2,(H,23,26);1-3,6,9-11,13,15,23-24H,4-5,7-8H2,(H,22,25). The molecule has 0 unspecified atom stereocenters. The number of hydrogen-bond acceptors (Lipinski definition) is 16. The second-order valence-corrected chi connectivity index (χ2v) is 34.9. The summed E-state index contributed by atoms with van der Waals surface area (Å²) in [7, 11) is -15.5. The van der Waals surface area contributed by atoms with Crippen LogP contribution >= 0.6 is 11.6 Å². The van der Waals surface area contributed by atoms with Crippen LogP contribution in [0.5, 0.6) is 0 Å². The van der Waals surface area contributed by atoms with E-state index in [1.165, 1.54) is 103 Å². The van der Waals surface area contributed by atoms with E-state index in [2.05, 4.69) is 40.2 Å². The Morgan fingerprint density at radius 2 is 0.569 bits per heavy atom. The summed E-state index contributed by atoms with van der Waals surface area (Å²) in [6.45, 7) is 0. The number of hydrogen-bond donors (Lipinski definition) is 12. The summed E-state index contributed by atoms with van der Waals surface area (Å²) in [6.07, 6.45) is 3.33. The number of carbonyl (C=O) groups excluding carboxylic acids is 4. The van der Waals surface area contributed by atoms with E-state index in [9.17, 15) is 117 Å². The monoisotopic (exact) mass is 1720 g/mol. The highest BCUT2D eigenvalue weighted by molar-refractivity contribution is 7.90. The van der Waals surface area contributed by atoms with Gasteiger partial charge in [0.1, 0.15) is 5.82 Å². The summed E-state index contributed by atoms with van der Waals surface area (Å²) in [5.41, 5.74) is -1.53. The first-order valence-corrected chi connectivity index (χ1v) is 42.3. The average Bonchev–Trinajstić information content (AvgIpc) is 0.828. The van der Waals surface area contributed by atoms with Crippen LogP contribution in [-0.2, 0) is 40.1 Å². The topological polar surface area (TPSA) is 382 Å². The fraction of sp³-hybridized carbons (Fsp3) is 0.325. The summed E-state index contributed by atoms with van der Waals surface area (Å²) in [5, 5.41) is 47.3. The average molecular weight is 1730 g/mol. The highest BCUT2D eigenvalue weighted by Gasteiger charge is 2.31. The number of amides is 4. The van der Waals surface area contributed by atoms with Crippen molar-refractivity contribution in [3.63, 3.8) is 0 Å². The van der Waals surface area contributed by atoms with Crippen LogP contribution in [0, 0.1) is 46.5 Å². The van der Waals surface area contributed by atoms with Crippen molar-refractivity contribution < 1.29 is 117 Å². The zero-order valence-electron chi connectivity index (χ0n) is 61.0. The molecule has 0 bridgehead atoms. The predicted octanol–water partition coefficient (Wildman–Crippen LogP) is 12.8. The van der Waals surface area contributed by atoms with Crippen molar-refractivity contribution in [3.05, 3.63) is 237 Å². The Bertz CT molecular complexity index is 5170. The molecule has 4 saturated carbocycles. The van der Waals surface area contributed by atoms with Gasteiger partial charge in [-0.05, 0) is 212 Å². The highest BCUT2D eigenvalue weighted by Crippen LogP contribution is 2.31. The Hall–Kier alpha value is -9.29. The summed E-state index contributed by atoms with van der Waals surface area (Å²) in [6, 6.07) is 29.1. The van der Waals surface area contributed by atoms with Crippen molar-refractivity contribution in [3.8, 4) is 0 Å². The van der Waals surface area contributed by atoms with Crippen molar-refractivity contribution in [1.82, 2.24) is 18.9 Å². The molecule has 4 aliphatic rings. The first kappa shape index (κ1) is 90.6. The number of alkyl halides is 2. The number of nitrogens with one attached hydrogen (secondary N) is 8. The summed E-state index contributed by atoms with van der Waals surface area (Å²) >= 11 is 5.70. The van der Waals surface area contributed by atoms with Crippen LogP contribution in [0.2, 0.25) is 5.02 Å². The normalized spacial score (nSPS) is 19.8. The van der Waals surface area contributed by atoms with E-state index < -0.39 is 146 Å². The molecule has 8 aromatic carbocycles. The van der Waals surface area contributed by atoms with Crippen molar-refractivity contribution in [2.45, 2.75) is 177 Å². The molecule has 0 radical (unpaired) electrons. The third-order valence-corrected chi connectivity index (χ3v) is 25.2. The van der Waals surface area contributed by atoms with E-state index in [0.717, 1.165) is 30.3 Å². The molecule has 0 aliphatic heterocycles. The lowest BCUT2D eigenvalue weighted by molar-refractivity contribution is 0.101. The Labute approximate surface area is 666 Å². The molecule has 0 aromatic heterocycles. The molecule has 12 rings (SSSR count). The molecular weight excluding hydrogens is 1650 g/mol. The third kappa shape index (κ3) is 25.9. The summed E-state index contributed by atoms with van der Waals surface area (Å²) < 4.78 is 243. The van der Waals surface area contributed by atoms with Gasteiger partial charge in [0.15, 0.2) is 40.7 Å². The number of benzene rings is 8. The number of aliphatic hydroxyl groups is 4. The van der Waals surface area contributed by atoms with Gasteiger partial charge in [0.2, 0.25) is 40.1 Å². The van der Waals surface area contributed by atoms with Crippen LogP contribution in [0.25, 0.3) is 0 Å². The Balaban J connectivity index is 0.000000177. The first-order chi connectivity index (χ1) is 54.7. The summed E-state index contributed by atoms with van der Waals surface area (Å²) in [4.78, 5) is 49.1. The molecule has 4 fully saturated rings. The van der Waals surface area contributed by atoms with Gasteiger partial charge in [-0.3, -0.25) is 19.2 Å². The van der Waals surface area contributed by atoms with Gasteiger partial charge in [0.05, 0.1) is 54.6 Å². The molecule has 4 aliphatic carbocycles. The van der Waals surface area contributed by atoms with Crippen molar-refractivity contribution >= 4 is 98.1 Å². The van der Waals surface area contributed by atoms with E-state index in [1.807, 2.05) is 0 Å². The van der Waals surface area contributed by atoms with Gasteiger partial charge >= 0.3 is 0 Å². The van der Waals surface area contributed by atoms with Gasteiger partial charge in [-0.2, -0.15) is 0 Å². The maximum absolute atomic E-state index is 13.6. The van der Waals surface area contributed by atoms with Crippen LogP contribution in [0.15, 0.2) is 177 Å². The van der Waals surface area contributed by atoms with Crippen LogP contribution in [0.3, 0.4) is 0 Å². The van der Waals surface area contributed by atoms with E-state index in [0.29, 0.717) is 133 Å². The van der Waals surface area contributed by atoms with Crippen LogP contribution in [0.1, 0.15) is 156 Å². The van der Waals surface area contributed by atoms with Crippen LogP contribution in [0.4, 0.5) is 66.7 Å². The van der Waals surface area contributed by atoms with E-state index in [-0.39, 0.29) is 88.5 Å². The lowest BCUT2D eigenvalue weighted by Gasteiger charge is -2.26. The molecule has 12 N–H and O–H groups in total. The lowest BCUT2D eigenvalue weighted by atomic mass is 9.94. The minimum Gasteiger partial charge on any atom is -0.393 e. The molecular formula is C77H79ClF10N8O16S4. The maximum Gasteiger partial charge on any atom is 0.266 e. The van der Waals surface area contributed by atoms with Crippen molar-refractivity contribution in [2.24, 2.45) is 0 Å². The number of aliphatic hydroxyl groups excluding tert-OH is 4. The SMILES string of the molecule is O=C(Nc1cc(F)c(F)c(C(F)F)c1)c1cccc(S(=O)(=O)NC2CCC(O)CC2)c1.O=C(Nc1cc(F)c(F)c(F)c1)c1cccc(S(=O)(=O)NC2CCC(O)CC2)c1.O=C(Nc1ccc(F)c(Cl)c1)c1cccc(S(=O)(=O)NC2CCC(O)CC2)c1.O=C(Nc1ccc(F)c(F)c1)c1cccc(S(=O)(=O)NC2CCC(O)CC2)c1. The lowest BCUT2D eigenvalue weighted by Crippen LogP contribution is -2.38. The van der Waals surface area contributed by atoms with Gasteiger partial charge in [-0.25, -0.2) is 96.5 Å². The highest BCUT2D eigenvalue weighted by atomic mass is 35.5. The number of sulfonamides is 4. The minimum atomic E-state index is -3.96. The molecule has 4 amide bonds. The predicted molar refractivity (Wildman–Crippen MR) is 407 cm³/mol. The molecule has 624 valence electrons. The molecule has 24 nitrogen and oxygen atoms in total. The van der Waals surface area contributed by atoms with Gasteiger partial charge in [-0.15, -0.1) is 0 Å². The van der Waals surface area contributed by atoms with E-state index >= 15 is 0 Å². The second-order valence-electron chi connectivity index (χ2n) is 27.6. The van der Waals surface area contributed by atoms with Gasteiger partial charge in [0.25, 0.3) is 30.1 Å².